The second-order valence-corrected chi connectivity index (χ2v) is 5.63. The first-order chi connectivity index (χ1) is 7.69. The highest BCUT2D eigenvalue weighted by Gasteiger charge is 2.31. The molecule has 0 bridgehead atoms. The van der Waals surface area contributed by atoms with E-state index in [-0.39, 0.29) is 0 Å². The Balaban J connectivity index is 1.90. The maximum absolute atomic E-state index is 6.12. The van der Waals surface area contributed by atoms with E-state index in [1.165, 1.54) is 25.8 Å². The van der Waals surface area contributed by atoms with Gasteiger partial charge in [-0.25, -0.2) is 0 Å². The van der Waals surface area contributed by atoms with E-state index >= 15 is 0 Å². The van der Waals surface area contributed by atoms with Crippen molar-refractivity contribution in [1.82, 2.24) is 4.90 Å². The molecule has 0 spiro atoms. The molecule has 0 aromatic heterocycles. The molecule has 3 heteroatoms. The minimum atomic E-state index is 0.381. The molecule has 4 atom stereocenters. The molecule has 0 saturated carbocycles. The summed E-state index contributed by atoms with van der Waals surface area (Å²) in [6.45, 7) is 7.80. The van der Waals surface area contributed by atoms with Gasteiger partial charge in [-0.05, 0) is 31.6 Å². The quantitative estimate of drug-likeness (QED) is 0.777. The summed E-state index contributed by atoms with van der Waals surface area (Å²) < 4.78 is 5.74. The van der Waals surface area contributed by atoms with Crippen molar-refractivity contribution in [3.05, 3.63) is 0 Å². The molecule has 3 nitrogen and oxygen atoms in total. The van der Waals surface area contributed by atoms with Crippen LogP contribution >= 0.6 is 0 Å². The van der Waals surface area contributed by atoms with E-state index in [0.29, 0.717) is 18.2 Å². The SMILES string of the molecule is CCC1CC(N2CC(C)CC(N)C2)CCO1. The van der Waals surface area contributed by atoms with Crippen molar-refractivity contribution in [2.45, 2.75) is 57.7 Å². The zero-order chi connectivity index (χ0) is 11.5. The number of hydrogen-bond acceptors (Lipinski definition) is 3. The van der Waals surface area contributed by atoms with E-state index in [1.807, 2.05) is 0 Å². The van der Waals surface area contributed by atoms with Gasteiger partial charge in [0.25, 0.3) is 0 Å². The third-order valence-electron chi connectivity index (χ3n) is 4.03. The van der Waals surface area contributed by atoms with E-state index < -0.39 is 0 Å². The van der Waals surface area contributed by atoms with Gasteiger partial charge in [-0.2, -0.15) is 0 Å². The minimum Gasteiger partial charge on any atom is -0.378 e. The number of rotatable bonds is 2. The normalized spacial score (nSPS) is 42.2. The summed E-state index contributed by atoms with van der Waals surface area (Å²) in [7, 11) is 0. The van der Waals surface area contributed by atoms with Gasteiger partial charge in [-0.15, -0.1) is 0 Å². The van der Waals surface area contributed by atoms with Crippen LogP contribution in [-0.2, 0) is 4.74 Å². The van der Waals surface area contributed by atoms with Gasteiger partial charge in [-0.3, -0.25) is 4.90 Å². The van der Waals surface area contributed by atoms with E-state index in [9.17, 15) is 0 Å². The predicted molar refractivity (Wildman–Crippen MR) is 66.4 cm³/mol. The Morgan fingerprint density at radius 2 is 2.12 bits per heavy atom. The third kappa shape index (κ3) is 2.96. The predicted octanol–water partition coefficient (Wildman–Crippen LogP) is 1.61. The van der Waals surface area contributed by atoms with Crippen molar-refractivity contribution in [1.29, 1.82) is 0 Å². The Morgan fingerprint density at radius 3 is 2.81 bits per heavy atom. The monoisotopic (exact) mass is 226 g/mol. The van der Waals surface area contributed by atoms with E-state index in [1.54, 1.807) is 0 Å². The van der Waals surface area contributed by atoms with Crippen molar-refractivity contribution < 1.29 is 4.74 Å². The Hall–Kier alpha value is -0.120. The van der Waals surface area contributed by atoms with Gasteiger partial charge in [0, 0.05) is 31.8 Å². The summed E-state index contributed by atoms with van der Waals surface area (Å²) >= 11 is 0. The zero-order valence-electron chi connectivity index (χ0n) is 10.7. The van der Waals surface area contributed by atoms with Crippen LogP contribution in [0, 0.1) is 5.92 Å². The minimum absolute atomic E-state index is 0.381. The lowest BCUT2D eigenvalue weighted by molar-refractivity contribution is -0.0375. The molecule has 16 heavy (non-hydrogen) atoms. The topological polar surface area (TPSA) is 38.5 Å². The molecular weight excluding hydrogens is 200 g/mol. The van der Waals surface area contributed by atoms with Crippen molar-refractivity contribution in [3.63, 3.8) is 0 Å². The Bertz CT molecular complexity index is 212. The average molecular weight is 226 g/mol. The van der Waals surface area contributed by atoms with Crippen LogP contribution in [0.3, 0.4) is 0 Å². The number of ether oxygens (including phenoxy) is 1. The summed E-state index contributed by atoms with van der Waals surface area (Å²) in [6, 6.07) is 1.10. The van der Waals surface area contributed by atoms with Crippen LogP contribution < -0.4 is 5.73 Å². The van der Waals surface area contributed by atoms with E-state index in [4.69, 9.17) is 10.5 Å². The molecule has 2 heterocycles. The average Bonchev–Trinajstić information content (AvgIpc) is 2.28. The molecule has 94 valence electrons. The lowest BCUT2D eigenvalue weighted by Crippen LogP contribution is -2.52. The molecule has 0 aromatic rings. The van der Waals surface area contributed by atoms with Crippen LogP contribution in [0.4, 0.5) is 0 Å². The van der Waals surface area contributed by atoms with E-state index in [2.05, 4.69) is 18.7 Å². The van der Waals surface area contributed by atoms with Gasteiger partial charge in [-0.1, -0.05) is 13.8 Å². The summed E-state index contributed by atoms with van der Waals surface area (Å²) in [5.74, 6) is 0.756. The fourth-order valence-corrected chi connectivity index (χ4v) is 3.22. The molecule has 0 aromatic carbocycles. The van der Waals surface area contributed by atoms with Crippen molar-refractivity contribution >= 4 is 0 Å². The largest absolute Gasteiger partial charge is 0.378 e. The molecule has 2 aliphatic heterocycles. The molecule has 2 aliphatic rings. The molecule has 2 saturated heterocycles. The molecule has 2 N–H and O–H groups in total. The van der Waals surface area contributed by atoms with E-state index in [0.717, 1.165) is 25.5 Å². The third-order valence-corrected chi connectivity index (χ3v) is 4.03. The molecular formula is C13H26N2O. The van der Waals surface area contributed by atoms with Gasteiger partial charge < -0.3 is 10.5 Å². The van der Waals surface area contributed by atoms with Crippen LogP contribution in [0.15, 0.2) is 0 Å². The van der Waals surface area contributed by atoms with Gasteiger partial charge in [0.1, 0.15) is 0 Å². The van der Waals surface area contributed by atoms with Crippen LogP contribution in [0.1, 0.15) is 39.5 Å². The first-order valence-electron chi connectivity index (χ1n) is 6.80. The lowest BCUT2D eigenvalue weighted by Gasteiger charge is -2.43. The van der Waals surface area contributed by atoms with Crippen molar-refractivity contribution in [3.8, 4) is 0 Å². The zero-order valence-corrected chi connectivity index (χ0v) is 10.7. The second-order valence-electron chi connectivity index (χ2n) is 5.63. The first kappa shape index (κ1) is 12.3. The number of hydrogen-bond donors (Lipinski definition) is 1. The van der Waals surface area contributed by atoms with Crippen LogP contribution in [-0.4, -0.2) is 42.8 Å². The summed E-state index contributed by atoms with van der Waals surface area (Å²) in [5, 5.41) is 0. The molecule has 0 amide bonds. The van der Waals surface area contributed by atoms with Gasteiger partial charge in [0.15, 0.2) is 0 Å². The van der Waals surface area contributed by atoms with Gasteiger partial charge >= 0.3 is 0 Å². The van der Waals surface area contributed by atoms with Crippen LogP contribution in [0.25, 0.3) is 0 Å². The second kappa shape index (κ2) is 5.48. The van der Waals surface area contributed by atoms with Crippen LogP contribution in [0.5, 0.6) is 0 Å². The highest BCUT2D eigenvalue weighted by molar-refractivity contribution is 4.86. The maximum atomic E-state index is 6.12. The van der Waals surface area contributed by atoms with Crippen LogP contribution in [0.2, 0.25) is 0 Å². The first-order valence-corrected chi connectivity index (χ1v) is 6.80. The van der Waals surface area contributed by atoms with Gasteiger partial charge in [0.2, 0.25) is 0 Å². The number of likely N-dealkylation sites (tertiary alicyclic amines) is 1. The molecule has 2 rings (SSSR count). The number of nitrogens with two attached hydrogens (primary N) is 1. The summed E-state index contributed by atoms with van der Waals surface area (Å²) in [6.07, 6.45) is 5.21. The fraction of sp³-hybridized carbons (Fsp3) is 1.00. The standard InChI is InChI=1S/C13H26N2O/c1-3-13-7-12(4-5-16-13)15-8-10(2)6-11(14)9-15/h10-13H,3-9,14H2,1-2H3. The molecule has 2 fully saturated rings. The highest BCUT2D eigenvalue weighted by Crippen LogP contribution is 2.25. The Morgan fingerprint density at radius 1 is 1.31 bits per heavy atom. The maximum Gasteiger partial charge on any atom is 0.0587 e. The van der Waals surface area contributed by atoms with Crippen molar-refractivity contribution in [2.75, 3.05) is 19.7 Å². The number of piperidine rings is 1. The smallest absolute Gasteiger partial charge is 0.0587 e. The highest BCUT2D eigenvalue weighted by atomic mass is 16.5. The Kier molecular flexibility index (Phi) is 4.22. The summed E-state index contributed by atoms with van der Waals surface area (Å²) in [5.41, 5.74) is 6.12. The molecule has 4 unspecified atom stereocenters. The molecule has 0 aliphatic carbocycles. The summed E-state index contributed by atoms with van der Waals surface area (Å²) in [4.78, 5) is 2.62. The lowest BCUT2D eigenvalue weighted by atomic mass is 9.92. The number of nitrogens with zero attached hydrogens (tertiary/aromatic N) is 1. The fourth-order valence-electron chi connectivity index (χ4n) is 3.22. The van der Waals surface area contributed by atoms with Gasteiger partial charge in [0.05, 0.1) is 6.10 Å². The molecule has 0 radical (unpaired) electrons. The Labute approximate surface area is 99.3 Å². The van der Waals surface area contributed by atoms with Crippen molar-refractivity contribution in [2.24, 2.45) is 11.7 Å².